The summed E-state index contributed by atoms with van der Waals surface area (Å²) < 4.78 is 5.86. The molecule has 0 bridgehead atoms. The van der Waals surface area contributed by atoms with Crippen molar-refractivity contribution < 1.29 is 9.53 Å². The highest BCUT2D eigenvalue weighted by Gasteiger charge is 2.16. The second-order valence-corrected chi connectivity index (χ2v) is 8.26. The Balaban J connectivity index is 1.56. The molecule has 2 aromatic carbocycles. The van der Waals surface area contributed by atoms with Crippen LogP contribution in [0.25, 0.3) is 21.3 Å². The Morgan fingerprint density at radius 3 is 2.67 bits per heavy atom. The van der Waals surface area contributed by atoms with Gasteiger partial charge in [-0.05, 0) is 29.5 Å². The van der Waals surface area contributed by atoms with E-state index in [1.54, 1.807) is 0 Å². The highest BCUT2D eigenvalue weighted by molar-refractivity contribution is 7.17. The number of carbonyl (C=O) groups excluding carboxylic acids is 1. The summed E-state index contributed by atoms with van der Waals surface area (Å²) in [5.74, 6) is 0.514. The smallest absolute Gasteiger partial charge is 0.262 e. The minimum absolute atomic E-state index is 0.123. The number of nitrogens with one attached hydrogen (secondary N) is 1. The number of thiophene rings is 1. The van der Waals surface area contributed by atoms with Gasteiger partial charge in [-0.2, -0.15) is 0 Å². The predicted octanol–water partition coefficient (Wildman–Crippen LogP) is 5.81. The van der Waals surface area contributed by atoms with Gasteiger partial charge >= 0.3 is 0 Å². The summed E-state index contributed by atoms with van der Waals surface area (Å²) in [7, 11) is 0. The second-order valence-electron chi connectivity index (χ2n) is 7.41. The summed E-state index contributed by atoms with van der Waals surface area (Å²) in [6.07, 6.45) is 1.47. The molecular weight excluding hydrogens is 394 g/mol. The average Bonchev–Trinajstić information content (AvgIpc) is 3.19. The molecule has 0 aliphatic rings. The molecule has 0 saturated heterocycles. The van der Waals surface area contributed by atoms with Gasteiger partial charge in [0.05, 0.1) is 5.39 Å². The van der Waals surface area contributed by atoms with Gasteiger partial charge in [0.2, 0.25) is 5.88 Å². The maximum Gasteiger partial charge on any atom is 0.262 e. The number of fused-ring (bicyclic) bond motifs is 1. The molecule has 30 heavy (non-hydrogen) atoms. The summed E-state index contributed by atoms with van der Waals surface area (Å²) in [6.45, 7) is 6.09. The number of amides is 1. The lowest BCUT2D eigenvalue weighted by atomic mass is 9.98. The van der Waals surface area contributed by atoms with Crippen molar-refractivity contribution in [1.82, 2.24) is 9.97 Å². The van der Waals surface area contributed by atoms with Crippen molar-refractivity contribution in [3.05, 3.63) is 71.4 Å². The Kier molecular flexibility index (Phi) is 5.77. The molecule has 0 spiro atoms. The lowest BCUT2D eigenvalue weighted by molar-refractivity contribution is -0.118. The van der Waals surface area contributed by atoms with Gasteiger partial charge < -0.3 is 10.1 Å². The number of benzene rings is 2. The normalized spacial score (nSPS) is 11.1. The number of para-hydroxylation sites is 1. The number of hydrogen-bond acceptors (Lipinski definition) is 5. The summed E-state index contributed by atoms with van der Waals surface area (Å²) in [6, 6.07) is 16.1. The first-order valence-corrected chi connectivity index (χ1v) is 10.7. The van der Waals surface area contributed by atoms with E-state index in [9.17, 15) is 4.79 Å². The SMILES string of the molecule is Cc1cccc(C(C)C)c1NC(=O)COc1ncnc2scc(-c3ccccc3)c12. The van der Waals surface area contributed by atoms with E-state index in [1.807, 2.05) is 60.8 Å². The maximum atomic E-state index is 12.7. The van der Waals surface area contributed by atoms with E-state index in [2.05, 4.69) is 29.1 Å². The van der Waals surface area contributed by atoms with Gasteiger partial charge in [0.1, 0.15) is 11.2 Å². The third kappa shape index (κ3) is 4.04. The molecule has 0 unspecified atom stereocenters. The molecule has 6 heteroatoms. The molecule has 4 aromatic rings. The van der Waals surface area contributed by atoms with Crippen LogP contribution < -0.4 is 10.1 Å². The van der Waals surface area contributed by atoms with Gasteiger partial charge in [-0.3, -0.25) is 4.79 Å². The third-order valence-electron chi connectivity index (χ3n) is 4.95. The Morgan fingerprint density at radius 1 is 1.10 bits per heavy atom. The zero-order valence-electron chi connectivity index (χ0n) is 17.2. The van der Waals surface area contributed by atoms with Crippen molar-refractivity contribution >= 4 is 33.1 Å². The minimum Gasteiger partial charge on any atom is -0.467 e. The predicted molar refractivity (Wildman–Crippen MR) is 122 cm³/mol. The molecule has 0 fully saturated rings. The van der Waals surface area contributed by atoms with Crippen molar-refractivity contribution in [3.8, 4) is 17.0 Å². The molecule has 0 radical (unpaired) electrons. The van der Waals surface area contributed by atoms with E-state index in [1.165, 1.54) is 17.7 Å². The zero-order chi connectivity index (χ0) is 21.1. The zero-order valence-corrected chi connectivity index (χ0v) is 18.0. The quantitative estimate of drug-likeness (QED) is 0.430. The number of aromatic nitrogens is 2. The molecule has 2 aromatic heterocycles. The van der Waals surface area contributed by atoms with Crippen LogP contribution >= 0.6 is 11.3 Å². The molecule has 0 saturated carbocycles. The topological polar surface area (TPSA) is 64.1 Å². The van der Waals surface area contributed by atoms with Gasteiger partial charge in [0, 0.05) is 16.6 Å². The number of carbonyl (C=O) groups is 1. The monoisotopic (exact) mass is 417 g/mol. The van der Waals surface area contributed by atoms with Crippen LogP contribution in [0.5, 0.6) is 5.88 Å². The Hall–Kier alpha value is -3.25. The Bertz CT molecular complexity index is 1190. The largest absolute Gasteiger partial charge is 0.467 e. The average molecular weight is 418 g/mol. The molecule has 5 nitrogen and oxygen atoms in total. The summed E-state index contributed by atoms with van der Waals surface area (Å²) >= 11 is 1.54. The van der Waals surface area contributed by atoms with Crippen molar-refractivity contribution in [1.29, 1.82) is 0 Å². The first-order chi connectivity index (χ1) is 14.5. The van der Waals surface area contributed by atoms with E-state index in [0.717, 1.165) is 38.2 Å². The van der Waals surface area contributed by atoms with Gasteiger partial charge in [-0.25, -0.2) is 9.97 Å². The van der Waals surface area contributed by atoms with Crippen LogP contribution in [-0.4, -0.2) is 22.5 Å². The van der Waals surface area contributed by atoms with E-state index in [0.29, 0.717) is 11.8 Å². The van der Waals surface area contributed by atoms with E-state index in [-0.39, 0.29) is 12.5 Å². The van der Waals surface area contributed by atoms with Crippen LogP contribution in [0.2, 0.25) is 0 Å². The van der Waals surface area contributed by atoms with Gasteiger partial charge in [0.25, 0.3) is 5.91 Å². The van der Waals surface area contributed by atoms with Gasteiger partial charge in [-0.1, -0.05) is 62.4 Å². The van der Waals surface area contributed by atoms with Crippen molar-refractivity contribution in [2.24, 2.45) is 0 Å². The highest BCUT2D eigenvalue weighted by atomic mass is 32.1. The Labute approximate surface area is 179 Å². The second kappa shape index (κ2) is 8.63. The first-order valence-electron chi connectivity index (χ1n) is 9.84. The van der Waals surface area contributed by atoms with Crippen LogP contribution in [0.3, 0.4) is 0 Å². The summed E-state index contributed by atoms with van der Waals surface area (Å²) in [4.78, 5) is 22.2. The van der Waals surface area contributed by atoms with Crippen LogP contribution in [0.15, 0.2) is 60.2 Å². The van der Waals surface area contributed by atoms with Crippen LogP contribution in [0.4, 0.5) is 5.69 Å². The standard InChI is InChI=1S/C24H23N3O2S/c1-15(2)18-11-7-8-16(3)22(18)27-20(28)12-29-23-21-19(17-9-5-4-6-10-17)13-30-24(21)26-14-25-23/h4-11,13-15H,12H2,1-3H3,(H,27,28). The van der Waals surface area contributed by atoms with E-state index < -0.39 is 0 Å². The van der Waals surface area contributed by atoms with Gasteiger partial charge in [-0.15, -0.1) is 11.3 Å². The minimum atomic E-state index is -0.213. The van der Waals surface area contributed by atoms with Gasteiger partial charge in [0.15, 0.2) is 6.61 Å². The number of rotatable bonds is 6. The van der Waals surface area contributed by atoms with Crippen molar-refractivity contribution in [3.63, 3.8) is 0 Å². The van der Waals surface area contributed by atoms with Crippen LogP contribution in [-0.2, 0) is 4.79 Å². The summed E-state index contributed by atoms with van der Waals surface area (Å²) in [5, 5.41) is 5.89. The molecule has 1 amide bonds. The number of ether oxygens (including phenoxy) is 1. The van der Waals surface area contributed by atoms with Crippen molar-refractivity contribution in [2.75, 3.05) is 11.9 Å². The number of nitrogens with zero attached hydrogens (tertiary/aromatic N) is 2. The lowest BCUT2D eigenvalue weighted by Crippen LogP contribution is -2.22. The summed E-state index contributed by atoms with van der Waals surface area (Å²) in [5.41, 5.74) is 5.07. The molecular formula is C24H23N3O2S. The third-order valence-corrected chi connectivity index (χ3v) is 5.84. The number of hydrogen-bond donors (Lipinski definition) is 1. The van der Waals surface area contributed by atoms with E-state index >= 15 is 0 Å². The van der Waals surface area contributed by atoms with Crippen LogP contribution in [0, 0.1) is 6.92 Å². The molecule has 0 aliphatic heterocycles. The fraction of sp³-hybridized carbons (Fsp3) is 0.208. The van der Waals surface area contributed by atoms with Crippen molar-refractivity contribution in [2.45, 2.75) is 26.7 Å². The first kappa shape index (κ1) is 20.0. The lowest BCUT2D eigenvalue weighted by Gasteiger charge is -2.16. The molecule has 0 aliphatic carbocycles. The molecule has 4 rings (SSSR count). The molecule has 1 N–H and O–H groups in total. The fourth-order valence-electron chi connectivity index (χ4n) is 3.44. The molecule has 0 atom stereocenters. The molecule has 152 valence electrons. The fourth-order valence-corrected chi connectivity index (χ4v) is 4.35. The van der Waals surface area contributed by atoms with E-state index in [4.69, 9.17) is 4.74 Å². The Morgan fingerprint density at radius 2 is 1.90 bits per heavy atom. The maximum absolute atomic E-state index is 12.7. The highest BCUT2D eigenvalue weighted by Crippen LogP contribution is 2.37. The number of anilines is 1. The van der Waals surface area contributed by atoms with Crippen LogP contribution in [0.1, 0.15) is 30.9 Å². The molecule has 2 heterocycles. The number of aryl methyl sites for hydroxylation is 1.